The molecule has 2 aliphatic rings. The quantitative estimate of drug-likeness (QED) is 0.0266. The number of halogens is 4. The Hall–Kier alpha value is -7.36. The SMILES string of the molecule is CCCCOC(=O)NC(=N)/C=C\N(C=O)[C@@H]1O[C@H](COC(=O)CCC(=O)OC[C@H]2O[C@@H](n3ccc(NC(=O)OCc4ccccc4)nc3=O)C(F)(F)[C@@H]2OC(=O)OC(C)(C)C)[C@@H](OC(=O)OC(C)(C)C)C1(F)F. The van der Waals surface area contributed by atoms with Crippen LogP contribution in [0.5, 0.6) is 0 Å². The highest BCUT2D eigenvalue weighted by atomic mass is 19.3. The summed E-state index contributed by atoms with van der Waals surface area (Å²) in [4.78, 5) is 104. The van der Waals surface area contributed by atoms with E-state index in [0.29, 0.717) is 29.2 Å². The van der Waals surface area contributed by atoms with Crippen LogP contribution in [0.1, 0.15) is 85.9 Å². The Morgan fingerprint density at radius 1 is 0.808 bits per heavy atom. The number of unbranched alkanes of at least 4 members (excludes halogenated alkanes) is 1. The molecular weight excluding hydrogens is 989 g/mol. The lowest BCUT2D eigenvalue weighted by Gasteiger charge is -2.28. The van der Waals surface area contributed by atoms with Gasteiger partial charge in [0.25, 0.3) is 0 Å². The van der Waals surface area contributed by atoms with Crippen LogP contribution in [0.4, 0.5) is 42.6 Å². The van der Waals surface area contributed by atoms with Gasteiger partial charge in [-0.15, -0.1) is 0 Å². The van der Waals surface area contributed by atoms with E-state index >= 15 is 17.6 Å². The van der Waals surface area contributed by atoms with Crippen molar-refractivity contribution < 1.29 is 98.5 Å². The Labute approximate surface area is 414 Å². The van der Waals surface area contributed by atoms with E-state index in [1.165, 1.54) is 41.5 Å². The molecule has 2 aromatic rings. The number of nitrogens with zero attached hydrogens (tertiary/aromatic N) is 3. The van der Waals surface area contributed by atoms with E-state index in [2.05, 4.69) is 10.3 Å². The predicted octanol–water partition coefficient (Wildman–Crippen LogP) is 5.87. The van der Waals surface area contributed by atoms with Crippen molar-refractivity contribution in [1.29, 1.82) is 5.41 Å². The van der Waals surface area contributed by atoms with Gasteiger partial charge in [0.1, 0.15) is 54.9 Å². The summed E-state index contributed by atoms with van der Waals surface area (Å²) in [6.07, 6.45) is -17.8. The molecule has 2 fully saturated rings. The van der Waals surface area contributed by atoms with Gasteiger partial charge in [0, 0.05) is 12.4 Å². The summed E-state index contributed by atoms with van der Waals surface area (Å²) in [5.74, 6) is -12.1. The maximum absolute atomic E-state index is 16.1. The lowest BCUT2D eigenvalue weighted by molar-refractivity contribution is -0.167. The Bertz CT molecular complexity index is 2380. The highest BCUT2D eigenvalue weighted by Crippen LogP contribution is 2.45. The number of alkyl halides is 4. The summed E-state index contributed by atoms with van der Waals surface area (Å²) in [5.41, 5.74) is -3.18. The minimum Gasteiger partial charge on any atom is -0.463 e. The standard InChI is InChI=1S/C45H56F4N6O18/c1-8-9-21-64-38(60)51-29(50)17-19-54(25-56)35-44(46,47)33(70-40(62)72-42(2,3)4)27(68-35)23-65-31(57)15-16-32(58)66-24-28-34(71-41(63)73-43(5,6)7)45(48,49)36(69-28)55-20-18-30(52-37(55)59)53-39(61)67-22-26-13-11-10-12-14-26/h10-14,17-20,25,27-28,33-36H,8-9,15-16,21-24H2,1-7H3,(H2,50,51,60)(H,52,53,59,61)/b19-17-/t27-,28-,33-,34-,35-,36-/m1/s1. The van der Waals surface area contributed by atoms with Gasteiger partial charge in [0.15, 0.2) is 0 Å². The van der Waals surface area contributed by atoms with Gasteiger partial charge < -0.3 is 47.4 Å². The van der Waals surface area contributed by atoms with Crippen molar-refractivity contribution in [3.05, 3.63) is 70.9 Å². The fourth-order valence-electron chi connectivity index (χ4n) is 6.32. The van der Waals surface area contributed by atoms with Gasteiger partial charge in [-0.1, -0.05) is 43.7 Å². The van der Waals surface area contributed by atoms with Crippen LogP contribution in [0, 0.1) is 5.41 Å². The summed E-state index contributed by atoms with van der Waals surface area (Å²) in [7, 11) is 0. The van der Waals surface area contributed by atoms with Gasteiger partial charge >= 0.3 is 54.0 Å². The molecule has 2 aliphatic heterocycles. The number of carbonyl (C=O) groups is 7. The number of carbonyl (C=O) groups excluding carboxylic acids is 7. The van der Waals surface area contributed by atoms with Crippen molar-refractivity contribution in [1.82, 2.24) is 19.8 Å². The molecule has 4 rings (SSSR count). The zero-order valence-electron chi connectivity index (χ0n) is 40.6. The molecule has 73 heavy (non-hydrogen) atoms. The second kappa shape index (κ2) is 25.3. The van der Waals surface area contributed by atoms with Gasteiger partial charge in [-0.05, 0) is 65.7 Å². The lowest BCUT2D eigenvalue weighted by Crippen LogP contribution is -2.49. The topological polar surface area (TPSA) is 298 Å². The molecule has 1 aromatic heterocycles. The lowest BCUT2D eigenvalue weighted by atomic mass is 10.1. The number of hydrogen-bond acceptors (Lipinski definition) is 20. The number of anilines is 1. The molecule has 3 N–H and O–H groups in total. The van der Waals surface area contributed by atoms with Crippen molar-refractivity contribution in [2.45, 2.75) is 141 Å². The zero-order chi connectivity index (χ0) is 54.3. The fourth-order valence-corrected chi connectivity index (χ4v) is 6.32. The van der Waals surface area contributed by atoms with E-state index < -0.39 is 134 Å². The third-order valence-electron chi connectivity index (χ3n) is 9.57. The molecule has 0 bridgehead atoms. The maximum atomic E-state index is 16.1. The van der Waals surface area contributed by atoms with Gasteiger partial charge in [-0.25, -0.2) is 24.0 Å². The number of hydrogen-bond donors (Lipinski definition) is 3. The van der Waals surface area contributed by atoms with Crippen LogP contribution in [0.3, 0.4) is 0 Å². The molecule has 402 valence electrons. The van der Waals surface area contributed by atoms with Crippen LogP contribution in [0.15, 0.2) is 59.7 Å². The Kier molecular flexibility index (Phi) is 20.2. The predicted molar refractivity (Wildman–Crippen MR) is 239 cm³/mol. The first-order valence-corrected chi connectivity index (χ1v) is 22.3. The van der Waals surface area contributed by atoms with Crippen molar-refractivity contribution >= 4 is 54.5 Å². The summed E-state index contributed by atoms with van der Waals surface area (Å²) >= 11 is 0. The van der Waals surface area contributed by atoms with Crippen LogP contribution in [-0.2, 0) is 68.4 Å². The molecule has 1 aromatic carbocycles. The van der Waals surface area contributed by atoms with Gasteiger partial charge in [-0.2, -0.15) is 22.5 Å². The second-order valence-corrected chi connectivity index (χ2v) is 17.9. The summed E-state index contributed by atoms with van der Waals surface area (Å²) < 4.78 is 115. The van der Waals surface area contributed by atoms with Crippen LogP contribution >= 0.6 is 0 Å². The first kappa shape index (κ1) is 58.2. The van der Waals surface area contributed by atoms with Crippen LogP contribution < -0.4 is 16.3 Å². The van der Waals surface area contributed by atoms with Crippen LogP contribution in [-0.4, -0.2) is 137 Å². The molecule has 3 amide bonds. The normalized spacial score (nSPS) is 21.0. The molecule has 28 heteroatoms. The minimum atomic E-state index is -4.26. The first-order valence-electron chi connectivity index (χ1n) is 22.3. The van der Waals surface area contributed by atoms with E-state index in [0.717, 1.165) is 18.3 Å². The van der Waals surface area contributed by atoms with E-state index in [9.17, 15) is 38.4 Å². The number of amidine groups is 1. The Morgan fingerprint density at radius 2 is 1.37 bits per heavy atom. The van der Waals surface area contributed by atoms with E-state index in [1.54, 1.807) is 30.3 Å². The van der Waals surface area contributed by atoms with E-state index in [4.69, 9.17) is 52.8 Å². The highest BCUT2D eigenvalue weighted by molar-refractivity contribution is 6.00. The number of esters is 2. The smallest absolute Gasteiger partial charge is 0.463 e. The average Bonchev–Trinajstić information content (AvgIpc) is 3.68. The zero-order valence-corrected chi connectivity index (χ0v) is 40.6. The Balaban J connectivity index is 1.41. The van der Waals surface area contributed by atoms with Crippen molar-refractivity contribution in [3.63, 3.8) is 0 Å². The number of aromatic nitrogens is 2. The number of alkyl carbamates (subject to hydrolysis) is 1. The number of ether oxygens (including phenoxy) is 10. The number of amides is 3. The van der Waals surface area contributed by atoms with Crippen molar-refractivity contribution in [3.8, 4) is 0 Å². The molecule has 0 radical (unpaired) electrons. The van der Waals surface area contributed by atoms with Crippen molar-refractivity contribution in [2.24, 2.45) is 0 Å². The number of benzene rings is 1. The summed E-state index contributed by atoms with van der Waals surface area (Å²) in [5, 5.41) is 12.1. The van der Waals surface area contributed by atoms with Gasteiger partial charge in [0.05, 0.1) is 19.4 Å². The number of nitrogens with one attached hydrogen (secondary N) is 3. The van der Waals surface area contributed by atoms with Gasteiger partial charge in [-0.3, -0.25) is 39.9 Å². The molecule has 0 aliphatic carbocycles. The van der Waals surface area contributed by atoms with Crippen LogP contribution in [0.2, 0.25) is 0 Å². The minimum absolute atomic E-state index is 0.0341. The molecule has 0 unspecified atom stereocenters. The van der Waals surface area contributed by atoms with Gasteiger partial charge in [0.2, 0.25) is 31.1 Å². The molecule has 0 saturated carbocycles. The third kappa shape index (κ3) is 17.7. The second-order valence-electron chi connectivity index (χ2n) is 17.9. The first-order chi connectivity index (χ1) is 34.1. The third-order valence-corrected chi connectivity index (χ3v) is 9.57. The molecule has 2 saturated heterocycles. The Morgan fingerprint density at radius 3 is 1.90 bits per heavy atom. The molecule has 24 nitrogen and oxygen atoms in total. The molecular formula is C45H56F4N6O18. The summed E-state index contributed by atoms with van der Waals surface area (Å²) in [6.45, 7) is 8.05. The largest absolute Gasteiger partial charge is 0.509 e. The highest BCUT2D eigenvalue weighted by Gasteiger charge is 2.65. The fraction of sp³-hybridized carbons (Fsp3) is 0.556. The molecule has 6 atom stereocenters. The van der Waals surface area contributed by atoms with E-state index in [1.807, 2.05) is 12.2 Å². The monoisotopic (exact) mass is 1040 g/mol. The van der Waals surface area contributed by atoms with Crippen LogP contribution in [0.25, 0.3) is 0 Å². The summed E-state index contributed by atoms with van der Waals surface area (Å²) in [6, 6.07) is 9.52. The maximum Gasteiger partial charge on any atom is 0.509 e. The van der Waals surface area contributed by atoms with Crippen molar-refractivity contribution in [2.75, 3.05) is 25.1 Å². The number of rotatable bonds is 20. The average molecular weight is 1040 g/mol. The molecule has 3 heterocycles. The molecule has 0 spiro atoms. The van der Waals surface area contributed by atoms with E-state index in [-0.39, 0.29) is 30.3 Å².